The molecule has 104 valence electrons. The number of rotatable bonds is 7. The van der Waals surface area contributed by atoms with Gasteiger partial charge in [0.1, 0.15) is 0 Å². The largest absolute Gasteiger partial charge is 0.383 e. The number of nitrogens with zero attached hydrogens (tertiary/aromatic N) is 1. The average molecular weight is 296 g/mol. The summed E-state index contributed by atoms with van der Waals surface area (Å²) < 4.78 is 4.85. The summed E-state index contributed by atoms with van der Waals surface area (Å²) in [5.41, 5.74) is 0.854. The molecule has 0 bridgehead atoms. The van der Waals surface area contributed by atoms with E-state index < -0.39 is 0 Å². The molecule has 0 aromatic carbocycles. The first-order chi connectivity index (χ1) is 7.83. The van der Waals surface area contributed by atoms with E-state index in [1.165, 1.54) is 0 Å². The standard InChI is InChI=1S/C11H17N3O2.2ClH/c1-16-7-6-12-9-11(15)14-8-10-4-2-3-5-13-10;;/h2-5,12H,6-9H2,1H3,(H,14,15);2*1H. The molecule has 0 saturated heterocycles. The van der Waals surface area contributed by atoms with Gasteiger partial charge in [0.25, 0.3) is 0 Å². The molecule has 0 unspecified atom stereocenters. The number of amides is 1. The first kappa shape index (κ1) is 19.5. The number of ether oxygens (including phenoxy) is 1. The Labute approximate surface area is 120 Å². The molecule has 0 aliphatic rings. The Bertz CT molecular complexity index is 312. The molecule has 1 aromatic rings. The van der Waals surface area contributed by atoms with E-state index in [-0.39, 0.29) is 30.7 Å². The van der Waals surface area contributed by atoms with Gasteiger partial charge < -0.3 is 15.4 Å². The first-order valence-electron chi connectivity index (χ1n) is 5.19. The molecule has 5 nitrogen and oxygen atoms in total. The van der Waals surface area contributed by atoms with Gasteiger partial charge in [-0.15, -0.1) is 24.8 Å². The number of carbonyl (C=O) groups excluding carboxylic acids is 1. The normalized spacial score (nSPS) is 8.94. The summed E-state index contributed by atoms with van der Waals surface area (Å²) in [7, 11) is 1.63. The lowest BCUT2D eigenvalue weighted by Gasteiger charge is -2.05. The van der Waals surface area contributed by atoms with Crippen molar-refractivity contribution in [2.24, 2.45) is 0 Å². The fraction of sp³-hybridized carbons (Fsp3) is 0.455. The van der Waals surface area contributed by atoms with Crippen molar-refractivity contribution in [2.75, 3.05) is 26.8 Å². The van der Waals surface area contributed by atoms with Crippen molar-refractivity contribution in [3.8, 4) is 0 Å². The lowest BCUT2D eigenvalue weighted by atomic mass is 10.3. The van der Waals surface area contributed by atoms with Gasteiger partial charge in [0.15, 0.2) is 0 Å². The molecular formula is C11H19Cl2N3O2. The van der Waals surface area contributed by atoms with Crippen LogP contribution in [0, 0.1) is 0 Å². The monoisotopic (exact) mass is 295 g/mol. The van der Waals surface area contributed by atoms with Crippen molar-refractivity contribution < 1.29 is 9.53 Å². The van der Waals surface area contributed by atoms with Crippen LogP contribution in [-0.4, -0.2) is 37.7 Å². The highest BCUT2D eigenvalue weighted by molar-refractivity contribution is 5.85. The van der Waals surface area contributed by atoms with Crippen LogP contribution >= 0.6 is 24.8 Å². The Morgan fingerprint density at radius 2 is 2.17 bits per heavy atom. The number of methoxy groups -OCH3 is 1. The SMILES string of the molecule is COCCNCC(=O)NCc1ccccn1.Cl.Cl. The molecule has 0 atom stereocenters. The molecule has 2 N–H and O–H groups in total. The van der Waals surface area contributed by atoms with E-state index in [0.29, 0.717) is 26.2 Å². The van der Waals surface area contributed by atoms with Crippen LogP contribution in [0.3, 0.4) is 0 Å². The minimum Gasteiger partial charge on any atom is -0.383 e. The lowest BCUT2D eigenvalue weighted by Crippen LogP contribution is -2.34. The zero-order valence-electron chi connectivity index (χ0n) is 10.2. The van der Waals surface area contributed by atoms with Crippen LogP contribution in [0.4, 0.5) is 0 Å². The number of pyridine rings is 1. The van der Waals surface area contributed by atoms with Crippen molar-refractivity contribution in [3.05, 3.63) is 30.1 Å². The van der Waals surface area contributed by atoms with Gasteiger partial charge in [-0.25, -0.2) is 0 Å². The van der Waals surface area contributed by atoms with Crippen molar-refractivity contribution in [1.29, 1.82) is 0 Å². The van der Waals surface area contributed by atoms with Crippen LogP contribution in [0.2, 0.25) is 0 Å². The molecule has 18 heavy (non-hydrogen) atoms. The quantitative estimate of drug-likeness (QED) is 0.730. The van der Waals surface area contributed by atoms with Gasteiger partial charge in [-0.1, -0.05) is 6.07 Å². The fourth-order valence-electron chi connectivity index (χ4n) is 1.13. The van der Waals surface area contributed by atoms with Gasteiger partial charge in [-0.2, -0.15) is 0 Å². The molecule has 0 radical (unpaired) electrons. The molecule has 1 heterocycles. The Balaban J connectivity index is 0. The highest BCUT2D eigenvalue weighted by atomic mass is 35.5. The van der Waals surface area contributed by atoms with E-state index in [4.69, 9.17) is 4.74 Å². The number of nitrogens with one attached hydrogen (secondary N) is 2. The van der Waals surface area contributed by atoms with E-state index >= 15 is 0 Å². The van der Waals surface area contributed by atoms with E-state index in [0.717, 1.165) is 5.69 Å². The van der Waals surface area contributed by atoms with Gasteiger partial charge in [-0.05, 0) is 12.1 Å². The smallest absolute Gasteiger partial charge is 0.234 e. The summed E-state index contributed by atoms with van der Waals surface area (Å²) in [5, 5.41) is 5.74. The zero-order valence-corrected chi connectivity index (χ0v) is 11.9. The molecule has 0 spiro atoms. The van der Waals surface area contributed by atoms with Crippen molar-refractivity contribution in [2.45, 2.75) is 6.54 Å². The van der Waals surface area contributed by atoms with E-state index in [2.05, 4.69) is 15.6 Å². The van der Waals surface area contributed by atoms with Crippen molar-refractivity contribution >= 4 is 30.7 Å². The number of hydrogen-bond donors (Lipinski definition) is 2. The Kier molecular flexibility index (Phi) is 13.6. The number of hydrogen-bond acceptors (Lipinski definition) is 4. The molecule has 1 aromatic heterocycles. The summed E-state index contributed by atoms with van der Waals surface area (Å²) in [4.78, 5) is 15.4. The molecule has 0 aliphatic heterocycles. The first-order valence-corrected chi connectivity index (χ1v) is 5.19. The van der Waals surface area contributed by atoms with Crippen molar-refractivity contribution in [1.82, 2.24) is 15.6 Å². The minimum absolute atomic E-state index is 0. The Hall–Kier alpha value is -0.880. The van der Waals surface area contributed by atoms with Crippen LogP contribution in [0.1, 0.15) is 5.69 Å². The third-order valence-electron chi connectivity index (χ3n) is 1.96. The summed E-state index contributed by atoms with van der Waals surface area (Å²) >= 11 is 0. The molecule has 0 aliphatic carbocycles. The third kappa shape index (κ3) is 9.18. The highest BCUT2D eigenvalue weighted by Gasteiger charge is 2.00. The molecule has 0 saturated carbocycles. The van der Waals surface area contributed by atoms with E-state index in [1.807, 2.05) is 18.2 Å². The number of aromatic nitrogens is 1. The Morgan fingerprint density at radius 1 is 1.39 bits per heavy atom. The minimum atomic E-state index is -0.0400. The van der Waals surface area contributed by atoms with E-state index in [1.54, 1.807) is 13.3 Å². The summed E-state index contributed by atoms with van der Waals surface area (Å²) in [6.07, 6.45) is 1.71. The predicted molar refractivity (Wildman–Crippen MR) is 75.3 cm³/mol. The maximum atomic E-state index is 11.3. The summed E-state index contributed by atoms with van der Waals surface area (Å²) in [6.45, 7) is 2.04. The maximum Gasteiger partial charge on any atom is 0.234 e. The van der Waals surface area contributed by atoms with E-state index in [9.17, 15) is 4.79 Å². The third-order valence-corrected chi connectivity index (χ3v) is 1.96. The second-order valence-corrected chi connectivity index (χ2v) is 3.27. The van der Waals surface area contributed by atoms with Crippen LogP contribution in [0.5, 0.6) is 0 Å². The number of halogens is 2. The second kappa shape index (κ2) is 12.6. The highest BCUT2D eigenvalue weighted by Crippen LogP contribution is 1.91. The van der Waals surface area contributed by atoms with Crippen LogP contribution < -0.4 is 10.6 Å². The zero-order chi connectivity index (χ0) is 11.6. The molecule has 7 heteroatoms. The van der Waals surface area contributed by atoms with Crippen LogP contribution in [0.25, 0.3) is 0 Å². The van der Waals surface area contributed by atoms with Gasteiger partial charge in [0.05, 0.1) is 25.4 Å². The molecular weight excluding hydrogens is 277 g/mol. The fourth-order valence-corrected chi connectivity index (χ4v) is 1.13. The van der Waals surface area contributed by atoms with Gasteiger partial charge in [0.2, 0.25) is 5.91 Å². The summed E-state index contributed by atoms with van der Waals surface area (Å²) in [5.74, 6) is -0.0400. The van der Waals surface area contributed by atoms with Gasteiger partial charge >= 0.3 is 0 Å². The topological polar surface area (TPSA) is 63.2 Å². The molecule has 0 fully saturated rings. The number of carbonyl (C=O) groups is 1. The van der Waals surface area contributed by atoms with Gasteiger partial charge in [-0.3, -0.25) is 9.78 Å². The second-order valence-electron chi connectivity index (χ2n) is 3.27. The molecule has 1 rings (SSSR count). The predicted octanol–water partition coefficient (Wildman–Crippen LogP) is 0.777. The molecule has 1 amide bonds. The van der Waals surface area contributed by atoms with Gasteiger partial charge in [0, 0.05) is 19.9 Å². The van der Waals surface area contributed by atoms with Crippen molar-refractivity contribution in [3.63, 3.8) is 0 Å². The maximum absolute atomic E-state index is 11.3. The average Bonchev–Trinajstić information content (AvgIpc) is 2.33. The summed E-state index contributed by atoms with van der Waals surface area (Å²) in [6, 6.07) is 5.61. The van der Waals surface area contributed by atoms with Crippen LogP contribution in [-0.2, 0) is 16.1 Å². The Morgan fingerprint density at radius 3 is 2.78 bits per heavy atom. The van der Waals surface area contributed by atoms with Crippen LogP contribution in [0.15, 0.2) is 24.4 Å². The lowest BCUT2D eigenvalue weighted by molar-refractivity contribution is -0.120.